The molecular formula is C15H24N2O. The van der Waals surface area contributed by atoms with E-state index >= 15 is 0 Å². The number of carbonyl (C=O) groups is 1. The van der Waals surface area contributed by atoms with Crippen molar-refractivity contribution in [2.24, 2.45) is 41.2 Å². The minimum atomic E-state index is -0.112. The Morgan fingerprint density at radius 2 is 1.78 bits per heavy atom. The van der Waals surface area contributed by atoms with Crippen LogP contribution in [-0.2, 0) is 4.79 Å². The lowest BCUT2D eigenvalue weighted by atomic mass is 9.80. The number of carbonyl (C=O) groups excluding carboxylic acids is 1. The highest BCUT2D eigenvalue weighted by Crippen LogP contribution is 2.69. The number of likely N-dealkylation sites (tertiary alicyclic amines) is 1. The molecule has 3 heteroatoms. The molecule has 18 heavy (non-hydrogen) atoms. The van der Waals surface area contributed by atoms with E-state index in [9.17, 15) is 4.79 Å². The fraction of sp³-hybridized carbons (Fsp3) is 0.933. The van der Waals surface area contributed by atoms with Gasteiger partial charge in [-0.15, -0.1) is 0 Å². The van der Waals surface area contributed by atoms with Crippen LogP contribution >= 0.6 is 0 Å². The molecule has 2 bridgehead atoms. The number of hydrogen-bond donors (Lipinski definition) is 1. The summed E-state index contributed by atoms with van der Waals surface area (Å²) in [4.78, 5) is 14.5. The lowest BCUT2D eigenvalue weighted by molar-refractivity contribution is -0.142. The second kappa shape index (κ2) is 3.30. The highest BCUT2D eigenvalue weighted by atomic mass is 16.2. The number of nitrogens with two attached hydrogens (primary N) is 1. The standard InChI is InChI=1S/C15H24N2O/c1-8(2)15(16)6-17(7-15)14(18)13-11-9-3-4-10(5-9)12(11)13/h8-13H,3-7,16H2,1-2H3. The highest BCUT2D eigenvalue weighted by Gasteiger charge is 2.68. The van der Waals surface area contributed by atoms with Crippen LogP contribution in [0.15, 0.2) is 0 Å². The second-order valence-electron chi connectivity index (χ2n) is 7.60. The molecule has 1 aliphatic heterocycles. The maximum absolute atomic E-state index is 12.5. The molecule has 3 saturated carbocycles. The lowest BCUT2D eigenvalue weighted by Gasteiger charge is -2.50. The molecule has 100 valence electrons. The van der Waals surface area contributed by atoms with Crippen LogP contribution in [0.2, 0.25) is 0 Å². The van der Waals surface area contributed by atoms with Crippen LogP contribution in [0.25, 0.3) is 0 Å². The first-order valence-corrected chi connectivity index (χ1v) is 7.59. The first kappa shape index (κ1) is 11.3. The Bertz CT molecular complexity index is 383. The van der Waals surface area contributed by atoms with Gasteiger partial charge in [-0.2, -0.15) is 0 Å². The van der Waals surface area contributed by atoms with Crippen molar-refractivity contribution < 1.29 is 4.79 Å². The molecule has 2 N–H and O–H groups in total. The Labute approximate surface area is 109 Å². The monoisotopic (exact) mass is 248 g/mol. The molecule has 1 saturated heterocycles. The van der Waals surface area contributed by atoms with E-state index in [2.05, 4.69) is 13.8 Å². The summed E-state index contributed by atoms with van der Waals surface area (Å²) >= 11 is 0. The molecule has 0 aromatic rings. The van der Waals surface area contributed by atoms with Crippen molar-refractivity contribution >= 4 is 5.91 Å². The SMILES string of the molecule is CC(C)C1(N)CN(C(=O)C2C3C4CCC(C4)C23)C1. The van der Waals surface area contributed by atoms with Crippen molar-refractivity contribution in [3.8, 4) is 0 Å². The van der Waals surface area contributed by atoms with Gasteiger partial charge in [-0.05, 0) is 48.9 Å². The third-order valence-corrected chi connectivity index (χ3v) is 6.45. The molecule has 3 aliphatic carbocycles. The van der Waals surface area contributed by atoms with Crippen molar-refractivity contribution in [1.82, 2.24) is 4.90 Å². The molecule has 4 unspecified atom stereocenters. The molecule has 4 atom stereocenters. The molecule has 0 radical (unpaired) electrons. The molecule has 0 spiro atoms. The van der Waals surface area contributed by atoms with E-state index < -0.39 is 0 Å². The number of fused-ring (bicyclic) bond motifs is 5. The number of nitrogens with zero attached hydrogens (tertiary/aromatic N) is 1. The number of hydrogen-bond acceptors (Lipinski definition) is 2. The van der Waals surface area contributed by atoms with Crippen LogP contribution in [0.4, 0.5) is 0 Å². The van der Waals surface area contributed by atoms with E-state index in [1.807, 2.05) is 4.90 Å². The molecule has 4 aliphatic rings. The molecule has 4 rings (SSSR count). The molecule has 1 amide bonds. The van der Waals surface area contributed by atoms with E-state index in [0.29, 0.717) is 17.7 Å². The van der Waals surface area contributed by atoms with E-state index in [1.54, 1.807) is 0 Å². The third kappa shape index (κ3) is 1.26. The van der Waals surface area contributed by atoms with Gasteiger partial charge in [-0.25, -0.2) is 0 Å². The van der Waals surface area contributed by atoms with Crippen molar-refractivity contribution in [2.45, 2.75) is 38.6 Å². The summed E-state index contributed by atoms with van der Waals surface area (Å²) < 4.78 is 0. The zero-order valence-electron chi connectivity index (χ0n) is 11.4. The van der Waals surface area contributed by atoms with Gasteiger partial charge in [0.2, 0.25) is 5.91 Å². The first-order chi connectivity index (χ1) is 8.51. The summed E-state index contributed by atoms with van der Waals surface area (Å²) in [6.45, 7) is 5.89. The number of amides is 1. The Morgan fingerprint density at radius 1 is 1.22 bits per heavy atom. The van der Waals surface area contributed by atoms with Crippen molar-refractivity contribution in [1.29, 1.82) is 0 Å². The van der Waals surface area contributed by atoms with Crippen LogP contribution in [0.5, 0.6) is 0 Å². The molecule has 1 heterocycles. The summed E-state index contributed by atoms with van der Waals surface area (Å²) in [6, 6.07) is 0. The topological polar surface area (TPSA) is 46.3 Å². The van der Waals surface area contributed by atoms with Gasteiger partial charge in [0.15, 0.2) is 0 Å². The van der Waals surface area contributed by atoms with Crippen LogP contribution < -0.4 is 5.73 Å². The summed E-state index contributed by atoms with van der Waals surface area (Å²) in [5.74, 6) is 4.62. The average molecular weight is 248 g/mol. The van der Waals surface area contributed by atoms with Gasteiger partial charge >= 0.3 is 0 Å². The Balaban J connectivity index is 1.40. The van der Waals surface area contributed by atoms with E-state index in [0.717, 1.165) is 36.8 Å². The zero-order valence-corrected chi connectivity index (χ0v) is 11.4. The van der Waals surface area contributed by atoms with Gasteiger partial charge in [0.1, 0.15) is 0 Å². The molecule has 3 nitrogen and oxygen atoms in total. The maximum atomic E-state index is 12.5. The minimum Gasteiger partial charge on any atom is -0.339 e. The quantitative estimate of drug-likeness (QED) is 0.804. The Hall–Kier alpha value is -0.570. The summed E-state index contributed by atoms with van der Waals surface area (Å²) in [7, 11) is 0. The van der Waals surface area contributed by atoms with E-state index in [4.69, 9.17) is 5.73 Å². The van der Waals surface area contributed by atoms with Gasteiger partial charge in [-0.3, -0.25) is 4.79 Å². The largest absolute Gasteiger partial charge is 0.339 e. The summed E-state index contributed by atoms with van der Waals surface area (Å²) in [6.07, 6.45) is 4.21. The van der Waals surface area contributed by atoms with Crippen molar-refractivity contribution in [2.75, 3.05) is 13.1 Å². The lowest BCUT2D eigenvalue weighted by Crippen LogP contribution is -2.71. The van der Waals surface area contributed by atoms with Crippen LogP contribution in [-0.4, -0.2) is 29.4 Å². The normalized spacial score (nSPS) is 47.1. The van der Waals surface area contributed by atoms with Gasteiger partial charge in [0, 0.05) is 19.0 Å². The van der Waals surface area contributed by atoms with Gasteiger partial charge in [0.25, 0.3) is 0 Å². The fourth-order valence-electron chi connectivity index (χ4n) is 5.05. The van der Waals surface area contributed by atoms with Gasteiger partial charge in [-0.1, -0.05) is 13.8 Å². The molecular weight excluding hydrogens is 224 g/mol. The minimum absolute atomic E-state index is 0.112. The van der Waals surface area contributed by atoms with Gasteiger partial charge < -0.3 is 10.6 Å². The Morgan fingerprint density at radius 3 is 2.28 bits per heavy atom. The van der Waals surface area contributed by atoms with Crippen molar-refractivity contribution in [3.05, 3.63) is 0 Å². The average Bonchev–Trinajstić information content (AvgIpc) is 2.72. The van der Waals surface area contributed by atoms with E-state index in [1.165, 1.54) is 19.3 Å². The molecule has 0 aromatic carbocycles. The zero-order chi connectivity index (χ0) is 12.7. The third-order valence-electron chi connectivity index (χ3n) is 6.45. The van der Waals surface area contributed by atoms with Crippen LogP contribution in [0.1, 0.15) is 33.1 Å². The van der Waals surface area contributed by atoms with Crippen LogP contribution in [0.3, 0.4) is 0 Å². The predicted molar refractivity (Wildman–Crippen MR) is 69.6 cm³/mol. The van der Waals surface area contributed by atoms with E-state index in [-0.39, 0.29) is 5.54 Å². The van der Waals surface area contributed by atoms with Gasteiger partial charge in [0.05, 0.1) is 5.54 Å². The summed E-state index contributed by atoms with van der Waals surface area (Å²) in [5, 5.41) is 0. The second-order valence-corrected chi connectivity index (χ2v) is 7.60. The molecule has 0 aromatic heterocycles. The fourth-order valence-corrected chi connectivity index (χ4v) is 5.05. The number of rotatable bonds is 2. The predicted octanol–water partition coefficient (Wildman–Crippen LogP) is 1.47. The van der Waals surface area contributed by atoms with Crippen molar-refractivity contribution in [3.63, 3.8) is 0 Å². The highest BCUT2D eigenvalue weighted by molar-refractivity contribution is 5.84. The Kier molecular flexibility index (Phi) is 2.07. The smallest absolute Gasteiger partial charge is 0.226 e. The summed E-state index contributed by atoms with van der Waals surface area (Å²) in [5.41, 5.74) is 6.17. The molecule has 4 fully saturated rings. The first-order valence-electron chi connectivity index (χ1n) is 7.59. The van der Waals surface area contributed by atoms with Crippen LogP contribution in [0, 0.1) is 35.5 Å². The maximum Gasteiger partial charge on any atom is 0.226 e.